The molecular formula is C11H13F2NO2. The lowest BCUT2D eigenvalue weighted by Crippen LogP contribution is -2.16. The average molecular weight is 229 g/mol. The summed E-state index contributed by atoms with van der Waals surface area (Å²) in [5.74, 6) is -1.81. The minimum Gasteiger partial charge on any atom is -0.481 e. The molecular weight excluding hydrogens is 216 g/mol. The molecule has 0 aliphatic carbocycles. The number of rotatable bonds is 6. The van der Waals surface area contributed by atoms with Gasteiger partial charge >= 0.3 is 5.97 Å². The van der Waals surface area contributed by atoms with Crippen molar-refractivity contribution in [1.29, 1.82) is 0 Å². The smallest absolute Gasteiger partial charge is 0.303 e. The third-order valence-corrected chi connectivity index (χ3v) is 2.07. The molecule has 0 radical (unpaired) electrons. The molecule has 0 spiro atoms. The molecule has 0 aliphatic rings. The van der Waals surface area contributed by atoms with Crippen molar-refractivity contribution in [2.24, 2.45) is 0 Å². The van der Waals surface area contributed by atoms with Gasteiger partial charge in [0.2, 0.25) is 0 Å². The molecule has 1 aromatic carbocycles. The first-order chi connectivity index (χ1) is 7.59. The lowest BCUT2D eigenvalue weighted by molar-refractivity contribution is -0.137. The van der Waals surface area contributed by atoms with Gasteiger partial charge in [-0.2, -0.15) is 0 Å². The summed E-state index contributed by atoms with van der Waals surface area (Å²) in [6.07, 6.45) is 0.533. The zero-order valence-electron chi connectivity index (χ0n) is 8.67. The van der Waals surface area contributed by atoms with E-state index in [-0.39, 0.29) is 18.5 Å². The Morgan fingerprint density at radius 2 is 2.12 bits per heavy atom. The van der Waals surface area contributed by atoms with Crippen molar-refractivity contribution in [2.75, 3.05) is 6.54 Å². The fourth-order valence-electron chi connectivity index (χ4n) is 1.27. The highest BCUT2D eigenvalue weighted by Gasteiger charge is 2.03. The van der Waals surface area contributed by atoms with Crippen LogP contribution >= 0.6 is 0 Å². The van der Waals surface area contributed by atoms with E-state index in [1.165, 1.54) is 0 Å². The van der Waals surface area contributed by atoms with E-state index in [2.05, 4.69) is 5.32 Å². The molecule has 0 atom stereocenters. The summed E-state index contributed by atoms with van der Waals surface area (Å²) in [4.78, 5) is 10.2. The van der Waals surface area contributed by atoms with Gasteiger partial charge in [-0.3, -0.25) is 4.79 Å². The van der Waals surface area contributed by atoms with Crippen LogP contribution in [0.4, 0.5) is 8.78 Å². The van der Waals surface area contributed by atoms with Gasteiger partial charge in [0.15, 0.2) is 0 Å². The van der Waals surface area contributed by atoms with E-state index in [1.807, 2.05) is 0 Å². The molecule has 0 fully saturated rings. The molecule has 0 aromatic heterocycles. The summed E-state index contributed by atoms with van der Waals surface area (Å²) in [6, 6.07) is 3.26. The van der Waals surface area contributed by atoms with Gasteiger partial charge in [0, 0.05) is 18.5 Å². The third kappa shape index (κ3) is 4.35. The lowest BCUT2D eigenvalue weighted by atomic mass is 10.2. The lowest BCUT2D eigenvalue weighted by Gasteiger charge is -2.05. The molecule has 3 nitrogen and oxygen atoms in total. The molecule has 16 heavy (non-hydrogen) atoms. The Labute approximate surface area is 92.1 Å². The van der Waals surface area contributed by atoms with E-state index in [4.69, 9.17) is 5.11 Å². The highest BCUT2D eigenvalue weighted by Crippen LogP contribution is 2.09. The predicted octanol–water partition coefficient (Wildman–Crippen LogP) is 1.92. The number of carboxylic acid groups (broad SMARTS) is 1. The molecule has 0 unspecified atom stereocenters. The van der Waals surface area contributed by atoms with Crippen LogP contribution in [0.25, 0.3) is 0 Å². The predicted molar refractivity (Wildman–Crippen MR) is 54.9 cm³/mol. The van der Waals surface area contributed by atoms with Gasteiger partial charge in [-0.15, -0.1) is 0 Å². The number of halogens is 2. The quantitative estimate of drug-likeness (QED) is 0.733. The van der Waals surface area contributed by atoms with Crippen LogP contribution in [-0.2, 0) is 11.3 Å². The van der Waals surface area contributed by atoms with Gasteiger partial charge in [0.25, 0.3) is 0 Å². The Hall–Kier alpha value is -1.49. The van der Waals surface area contributed by atoms with E-state index in [0.717, 1.165) is 18.2 Å². The largest absolute Gasteiger partial charge is 0.481 e. The Bertz CT molecular complexity index is 369. The first-order valence-corrected chi connectivity index (χ1v) is 4.96. The second-order valence-electron chi connectivity index (χ2n) is 3.41. The van der Waals surface area contributed by atoms with E-state index < -0.39 is 17.6 Å². The van der Waals surface area contributed by atoms with Crippen molar-refractivity contribution in [3.63, 3.8) is 0 Å². The Kier molecular flexibility index (Phi) is 4.85. The number of benzene rings is 1. The summed E-state index contributed by atoms with van der Waals surface area (Å²) < 4.78 is 25.9. The summed E-state index contributed by atoms with van der Waals surface area (Å²) in [5, 5.41) is 11.2. The van der Waals surface area contributed by atoms with Crippen molar-refractivity contribution in [2.45, 2.75) is 19.4 Å². The minimum absolute atomic E-state index is 0.0681. The van der Waals surface area contributed by atoms with Gasteiger partial charge in [0.1, 0.15) is 11.6 Å². The zero-order chi connectivity index (χ0) is 12.0. The summed E-state index contributed by atoms with van der Waals surface area (Å²) in [5.41, 5.74) is 0.246. The van der Waals surface area contributed by atoms with Crippen LogP contribution < -0.4 is 5.32 Å². The van der Waals surface area contributed by atoms with Gasteiger partial charge in [-0.1, -0.05) is 0 Å². The van der Waals surface area contributed by atoms with E-state index >= 15 is 0 Å². The Morgan fingerprint density at radius 1 is 1.38 bits per heavy atom. The van der Waals surface area contributed by atoms with Crippen molar-refractivity contribution in [1.82, 2.24) is 5.32 Å². The number of nitrogens with one attached hydrogen (secondary N) is 1. The van der Waals surface area contributed by atoms with Crippen molar-refractivity contribution in [3.05, 3.63) is 35.4 Å². The molecule has 1 aromatic rings. The van der Waals surface area contributed by atoms with Crippen molar-refractivity contribution >= 4 is 5.97 Å². The van der Waals surface area contributed by atoms with Crippen LogP contribution in [0.15, 0.2) is 18.2 Å². The number of carbonyl (C=O) groups is 1. The van der Waals surface area contributed by atoms with Crippen LogP contribution in [0.5, 0.6) is 0 Å². The normalized spacial score (nSPS) is 10.4. The third-order valence-electron chi connectivity index (χ3n) is 2.07. The number of carboxylic acids is 1. The minimum atomic E-state index is -0.862. The second-order valence-corrected chi connectivity index (χ2v) is 3.41. The molecule has 88 valence electrons. The highest BCUT2D eigenvalue weighted by molar-refractivity contribution is 5.66. The van der Waals surface area contributed by atoms with Crippen LogP contribution in [-0.4, -0.2) is 17.6 Å². The van der Waals surface area contributed by atoms with Crippen LogP contribution in [0.1, 0.15) is 18.4 Å². The standard InChI is InChI=1S/C11H13F2NO2/c12-9-3-4-10(13)8(6-9)7-14-5-1-2-11(15)16/h3-4,6,14H,1-2,5,7H2,(H,15,16). The van der Waals surface area contributed by atoms with Gasteiger partial charge in [-0.05, 0) is 31.2 Å². The maximum absolute atomic E-state index is 13.1. The van der Waals surface area contributed by atoms with E-state index in [9.17, 15) is 13.6 Å². The molecule has 0 saturated carbocycles. The number of hydrogen-bond acceptors (Lipinski definition) is 2. The SMILES string of the molecule is O=C(O)CCCNCc1cc(F)ccc1F. The first-order valence-electron chi connectivity index (χ1n) is 4.96. The molecule has 0 heterocycles. The van der Waals surface area contributed by atoms with Gasteiger partial charge in [0.05, 0.1) is 0 Å². The fraction of sp³-hybridized carbons (Fsp3) is 0.364. The number of aliphatic carboxylic acids is 1. The van der Waals surface area contributed by atoms with E-state index in [1.54, 1.807) is 0 Å². The van der Waals surface area contributed by atoms with Crippen LogP contribution in [0.2, 0.25) is 0 Å². The first kappa shape index (κ1) is 12.6. The summed E-state index contributed by atoms with van der Waals surface area (Å²) in [6.45, 7) is 0.658. The van der Waals surface area contributed by atoms with Gasteiger partial charge < -0.3 is 10.4 Å². The Balaban J connectivity index is 2.31. The topological polar surface area (TPSA) is 49.3 Å². The molecule has 0 saturated heterocycles. The molecule has 0 amide bonds. The number of hydrogen-bond donors (Lipinski definition) is 2. The highest BCUT2D eigenvalue weighted by atomic mass is 19.1. The monoisotopic (exact) mass is 229 g/mol. The molecule has 1 rings (SSSR count). The molecule has 5 heteroatoms. The molecule has 0 aliphatic heterocycles. The molecule has 0 bridgehead atoms. The van der Waals surface area contributed by atoms with Crippen molar-refractivity contribution in [3.8, 4) is 0 Å². The Morgan fingerprint density at radius 3 is 2.81 bits per heavy atom. The van der Waals surface area contributed by atoms with Crippen LogP contribution in [0.3, 0.4) is 0 Å². The van der Waals surface area contributed by atoms with Crippen molar-refractivity contribution < 1.29 is 18.7 Å². The second kappa shape index (κ2) is 6.17. The average Bonchev–Trinajstić information content (AvgIpc) is 2.22. The maximum atomic E-state index is 13.1. The molecule has 2 N–H and O–H groups in total. The van der Waals surface area contributed by atoms with E-state index in [0.29, 0.717) is 13.0 Å². The maximum Gasteiger partial charge on any atom is 0.303 e. The van der Waals surface area contributed by atoms with Crippen LogP contribution in [0, 0.1) is 11.6 Å². The summed E-state index contributed by atoms with van der Waals surface area (Å²) >= 11 is 0. The van der Waals surface area contributed by atoms with Gasteiger partial charge in [-0.25, -0.2) is 8.78 Å². The summed E-state index contributed by atoms with van der Waals surface area (Å²) in [7, 11) is 0. The fourth-order valence-corrected chi connectivity index (χ4v) is 1.27. The zero-order valence-corrected chi connectivity index (χ0v) is 8.67.